The van der Waals surface area contributed by atoms with Gasteiger partial charge in [-0.25, -0.2) is 18.4 Å². The summed E-state index contributed by atoms with van der Waals surface area (Å²) in [6, 6.07) is 21.0. The molecule has 10 nitrogen and oxygen atoms in total. The molecule has 0 aliphatic heterocycles. The summed E-state index contributed by atoms with van der Waals surface area (Å²) in [6.07, 6.45) is -0.765. The first-order chi connectivity index (χ1) is 18.6. The number of nitrogens with two attached hydrogens (primary N) is 1. The van der Waals surface area contributed by atoms with Crippen molar-refractivity contribution in [3.8, 4) is 17.2 Å². The second kappa shape index (κ2) is 17.4. The van der Waals surface area contributed by atoms with Gasteiger partial charge in [0, 0.05) is 12.6 Å². The van der Waals surface area contributed by atoms with Crippen LogP contribution in [-0.2, 0) is 21.2 Å². The highest BCUT2D eigenvalue weighted by molar-refractivity contribution is 7.89. The van der Waals surface area contributed by atoms with E-state index in [0.29, 0.717) is 37.5 Å². The van der Waals surface area contributed by atoms with Crippen LogP contribution in [0.5, 0.6) is 17.2 Å². The van der Waals surface area contributed by atoms with E-state index in [2.05, 4.69) is 5.32 Å². The topological polar surface area (TPSA) is 157 Å². The molecular formula is C28H37ClN2O8S. The van der Waals surface area contributed by atoms with Crippen LogP contribution in [0.4, 0.5) is 0 Å². The predicted molar refractivity (Wildman–Crippen MR) is 155 cm³/mol. The van der Waals surface area contributed by atoms with Gasteiger partial charge in [-0.2, -0.15) is 0 Å². The standard InChI is InChI=1S/C20H28N2O5S.C8H8O3.ClH/c1-4-26-17-7-5-6-8-18(17)27-12-11-22-15(2)13-16-9-10-19(25-3)20(14-16)28(21,23)24;9-7(8(10)11)6-4-2-1-3-5-6;/h5-10,14-15,22H,4,11-13H2,1-3H3,(H2,21,23,24);1-5,7,9H,(H,10,11);1H/t15-;;/m1../s1. The Kier molecular flexibility index (Phi) is 15.1. The molecule has 3 rings (SSSR count). The minimum absolute atomic E-state index is 0. The van der Waals surface area contributed by atoms with Crippen molar-refractivity contribution >= 4 is 28.4 Å². The lowest BCUT2D eigenvalue weighted by atomic mass is 10.1. The fourth-order valence-electron chi connectivity index (χ4n) is 3.58. The molecule has 5 N–H and O–H groups in total. The van der Waals surface area contributed by atoms with Crippen molar-refractivity contribution < 1.29 is 37.6 Å². The molecule has 12 heteroatoms. The molecule has 40 heavy (non-hydrogen) atoms. The number of benzene rings is 3. The summed E-state index contributed by atoms with van der Waals surface area (Å²) in [5.74, 6) is 0.461. The summed E-state index contributed by atoms with van der Waals surface area (Å²) in [4.78, 5) is 10.2. The van der Waals surface area contributed by atoms with E-state index in [0.717, 1.165) is 11.3 Å². The van der Waals surface area contributed by atoms with Crippen LogP contribution in [0.25, 0.3) is 0 Å². The molecule has 220 valence electrons. The van der Waals surface area contributed by atoms with Gasteiger partial charge in [-0.05, 0) is 55.7 Å². The molecule has 1 unspecified atom stereocenters. The summed E-state index contributed by atoms with van der Waals surface area (Å²) < 4.78 is 39.9. The van der Waals surface area contributed by atoms with Crippen molar-refractivity contribution in [2.75, 3.05) is 26.9 Å². The van der Waals surface area contributed by atoms with Crippen LogP contribution in [0.3, 0.4) is 0 Å². The number of hydrogen-bond acceptors (Lipinski definition) is 8. The van der Waals surface area contributed by atoms with Gasteiger partial charge < -0.3 is 29.7 Å². The second-order valence-electron chi connectivity index (χ2n) is 8.47. The number of carboxylic acids is 1. The number of para-hydroxylation sites is 2. The van der Waals surface area contributed by atoms with Crippen LogP contribution in [-0.4, -0.2) is 57.5 Å². The summed E-state index contributed by atoms with van der Waals surface area (Å²) in [5, 5.41) is 26.0. The number of methoxy groups -OCH3 is 1. The molecule has 0 fully saturated rings. The number of carboxylic acid groups (broad SMARTS) is 1. The first-order valence-electron chi connectivity index (χ1n) is 12.3. The number of aliphatic hydroxyl groups excluding tert-OH is 1. The fraction of sp³-hybridized carbons (Fsp3) is 0.321. The minimum Gasteiger partial charge on any atom is -0.495 e. The molecule has 0 spiro atoms. The first-order valence-corrected chi connectivity index (χ1v) is 13.8. The summed E-state index contributed by atoms with van der Waals surface area (Å²) in [7, 11) is -2.43. The van der Waals surface area contributed by atoms with Crippen molar-refractivity contribution in [3.05, 3.63) is 83.9 Å². The van der Waals surface area contributed by atoms with E-state index in [1.165, 1.54) is 7.11 Å². The largest absolute Gasteiger partial charge is 0.495 e. The van der Waals surface area contributed by atoms with Crippen LogP contribution in [0.2, 0.25) is 0 Å². The van der Waals surface area contributed by atoms with Gasteiger partial charge in [0.2, 0.25) is 10.0 Å². The summed E-state index contributed by atoms with van der Waals surface area (Å²) >= 11 is 0. The number of aliphatic carboxylic acids is 1. The lowest BCUT2D eigenvalue weighted by Gasteiger charge is -2.16. The number of sulfonamides is 1. The number of halogens is 1. The Morgan fingerprint density at radius 2 is 1.57 bits per heavy atom. The van der Waals surface area contributed by atoms with Crippen molar-refractivity contribution in [2.45, 2.75) is 37.3 Å². The van der Waals surface area contributed by atoms with Crippen molar-refractivity contribution in [3.63, 3.8) is 0 Å². The second-order valence-corrected chi connectivity index (χ2v) is 10.00. The molecule has 0 bridgehead atoms. The van der Waals surface area contributed by atoms with Crippen molar-refractivity contribution in [2.24, 2.45) is 5.14 Å². The summed E-state index contributed by atoms with van der Waals surface area (Å²) in [6.45, 7) is 5.66. The van der Waals surface area contributed by atoms with Gasteiger partial charge >= 0.3 is 5.97 Å². The molecule has 0 radical (unpaired) electrons. The number of nitrogens with one attached hydrogen (secondary N) is 1. The Labute approximate surface area is 241 Å². The Hall–Kier alpha value is -3.35. The Balaban J connectivity index is 0.000000559. The quantitative estimate of drug-likeness (QED) is 0.216. The smallest absolute Gasteiger partial charge is 0.337 e. The molecular weight excluding hydrogens is 560 g/mol. The number of aliphatic hydroxyl groups is 1. The third kappa shape index (κ3) is 11.4. The zero-order chi connectivity index (χ0) is 28.8. The lowest BCUT2D eigenvalue weighted by molar-refractivity contribution is -0.146. The number of hydrogen-bond donors (Lipinski definition) is 4. The normalized spacial score (nSPS) is 12.1. The molecule has 3 aromatic carbocycles. The molecule has 0 aromatic heterocycles. The van der Waals surface area contributed by atoms with Gasteiger partial charge in [0.15, 0.2) is 17.6 Å². The van der Waals surface area contributed by atoms with Crippen LogP contribution in [0.15, 0.2) is 77.7 Å². The Morgan fingerprint density at radius 1 is 0.975 bits per heavy atom. The monoisotopic (exact) mass is 596 g/mol. The average Bonchev–Trinajstić information content (AvgIpc) is 2.92. The third-order valence-corrected chi connectivity index (χ3v) is 6.36. The maximum atomic E-state index is 11.7. The molecule has 0 saturated heterocycles. The lowest BCUT2D eigenvalue weighted by Crippen LogP contribution is -2.32. The van der Waals surface area contributed by atoms with E-state index in [9.17, 15) is 13.2 Å². The van der Waals surface area contributed by atoms with Crippen LogP contribution in [0, 0.1) is 0 Å². The zero-order valence-corrected chi connectivity index (χ0v) is 24.3. The highest BCUT2D eigenvalue weighted by Gasteiger charge is 2.16. The van der Waals surface area contributed by atoms with E-state index < -0.39 is 22.1 Å². The van der Waals surface area contributed by atoms with Gasteiger partial charge in [-0.1, -0.05) is 48.5 Å². The molecule has 0 amide bonds. The van der Waals surface area contributed by atoms with Crippen LogP contribution >= 0.6 is 12.4 Å². The number of carbonyl (C=O) groups is 1. The number of ether oxygens (including phenoxy) is 3. The molecule has 0 saturated carbocycles. The molecule has 0 aliphatic carbocycles. The predicted octanol–water partition coefficient (Wildman–Crippen LogP) is 3.57. The van der Waals surface area contributed by atoms with Gasteiger partial charge in [-0.15, -0.1) is 12.4 Å². The van der Waals surface area contributed by atoms with Crippen molar-refractivity contribution in [1.29, 1.82) is 0 Å². The number of rotatable bonds is 13. The Bertz CT molecular complexity index is 1290. The summed E-state index contributed by atoms with van der Waals surface area (Å²) in [5.41, 5.74) is 1.26. The van der Waals surface area contributed by atoms with E-state index in [4.69, 9.17) is 29.6 Å². The first kappa shape index (κ1) is 34.7. The van der Waals surface area contributed by atoms with E-state index >= 15 is 0 Å². The third-order valence-electron chi connectivity index (χ3n) is 5.43. The average molecular weight is 597 g/mol. The van der Waals surface area contributed by atoms with Crippen molar-refractivity contribution in [1.82, 2.24) is 5.32 Å². The van der Waals surface area contributed by atoms with Gasteiger partial charge in [0.05, 0.1) is 13.7 Å². The highest BCUT2D eigenvalue weighted by Crippen LogP contribution is 2.26. The van der Waals surface area contributed by atoms with E-state index in [1.54, 1.807) is 42.5 Å². The molecule has 0 aliphatic rings. The van der Waals surface area contributed by atoms with E-state index in [-0.39, 0.29) is 29.1 Å². The zero-order valence-electron chi connectivity index (χ0n) is 22.6. The maximum Gasteiger partial charge on any atom is 0.337 e. The van der Waals surface area contributed by atoms with Crippen LogP contribution in [0.1, 0.15) is 31.1 Å². The van der Waals surface area contributed by atoms with E-state index in [1.807, 2.05) is 44.2 Å². The minimum atomic E-state index is -3.84. The Morgan fingerprint density at radius 3 is 2.12 bits per heavy atom. The SMILES string of the molecule is CCOc1ccccc1OCCN[C@H](C)Cc1ccc(OC)c(S(N)(=O)=O)c1.Cl.O=C(O)C(O)c1ccccc1. The molecule has 0 heterocycles. The highest BCUT2D eigenvalue weighted by atomic mass is 35.5. The van der Waals surface area contributed by atoms with Gasteiger partial charge in [-0.3, -0.25) is 0 Å². The molecule has 2 atom stereocenters. The fourth-order valence-corrected chi connectivity index (χ4v) is 4.33. The maximum absolute atomic E-state index is 11.7. The van der Waals surface area contributed by atoms with Gasteiger partial charge in [0.25, 0.3) is 0 Å². The van der Waals surface area contributed by atoms with Crippen LogP contribution < -0.4 is 24.7 Å². The molecule has 3 aromatic rings. The number of primary sulfonamides is 1. The van der Waals surface area contributed by atoms with Gasteiger partial charge in [0.1, 0.15) is 17.3 Å².